The van der Waals surface area contributed by atoms with Crippen LogP contribution in [0.5, 0.6) is 5.88 Å². The maximum absolute atomic E-state index is 6.05. The van der Waals surface area contributed by atoms with Gasteiger partial charge < -0.3 is 10.1 Å². The summed E-state index contributed by atoms with van der Waals surface area (Å²) in [6, 6.07) is 1.91. The van der Waals surface area contributed by atoms with Crippen LogP contribution in [0.15, 0.2) is 12.3 Å². The number of nitrogens with one attached hydrogen (secondary N) is 1. The zero-order valence-electron chi connectivity index (χ0n) is 10.8. The number of aromatic nitrogens is 1. The molecule has 0 bridgehead atoms. The Balaban J connectivity index is 1.82. The highest BCUT2D eigenvalue weighted by Gasteiger charge is 2.11. The van der Waals surface area contributed by atoms with Crippen LogP contribution in [-0.2, 0) is 6.54 Å². The lowest BCUT2D eigenvalue weighted by atomic mass is 10.2. The average Bonchev–Trinajstić information content (AvgIpc) is 2.87. The molecule has 18 heavy (non-hydrogen) atoms. The lowest BCUT2D eigenvalue weighted by Crippen LogP contribution is -2.25. The van der Waals surface area contributed by atoms with E-state index in [-0.39, 0.29) is 0 Å². The summed E-state index contributed by atoms with van der Waals surface area (Å²) >= 11 is 6.05. The van der Waals surface area contributed by atoms with Crippen LogP contribution in [0.1, 0.15) is 18.4 Å². The minimum Gasteiger partial charge on any atom is -0.476 e. The summed E-state index contributed by atoms with van der Waals surface area (Å²) in [7, 11) is 1.89. The lowest BCUT2D eigenvalue weighted by molar-refractivity contribution is 0.232. The zero-order chi connectivity index (χ0) is 12.8. The molecular weight excluding hydrogens is 250 g/mol. The molecule has 1 fully saturated rings. The summed E-state index contributed by atoms with van der Waals surface area (Å²) < 4.78 is 5.67. The van der Waals surface area contributed by atoms with Gasteiger partial charge in [0.1, 0.15) is 6.61 Å². The van der Waals surface area contributed by atoms with E-state index >= 15 is 0 Å². The predicted octanol–water partition coefficient (Wildman–Crippen LogP) is 1.93. The second kappa shape index (κ2) is 6.92. The topological polar surface area (TPSA) is 37.4 Å². The molecular formula is C13H20ClN3O. The van der Waals surface area contributed by atoms with Crippen LogP contribution in [0.3, 0.4) is 0 Å². The number of nitrogens with zero attached hydrogens (tertiary/aromatic N) is 2. The summed E-state index contributed by atoms with van der Waals surface area (Å²) in [6.45, 7) is 4.79. The van der Waals surface area contributed by atoms with E-state index in [0.29, 0.717) is 17.5 Å². The quantitative estimate of drug-likeness (QED) is 0.856. The summed E-state index contributed by atoms with van der Waals surface area (Å²) in [5, 5.41) is 3.75. The number of hydrogen-bond donors (Lipinski definition) is 1. The number of likely N-dealkylation sites (tertiary alicyclic amines) is 1. The molecule has 0 radical (unpaired) electrons. The van der Waals surface area contributed by atoms with Gasteiger partial charge in [-0.05, 0) is 38.5 Å². The minimum atomic E-state index is 0.656. The summed E-state index contributed by atoms with van der Waals surface area (Å²) in [5.41, 5.74) is 1.02. The molecule has 0 aromatic carbocycles. The Hall–Kier alpha value is -0.840. The first kappa shape index (κ1) is 13.6. The minimum absolute atomic E-state index is 0.656. The third-order valence-corrected chi connectivity index (χ3v) is 3.47. The van der Waals surface area contributed by atoms with Crippen LogP contribution in [0.4, 0.5) is 0 Å². The summed E-state index contributed by atoms with van der Waals surface area (Å²) in [4.78, 5) is 6.61. The SMILES string of the molecule is CNCc1cc(OCCN2CCCC2)ncc1Cl. The fourth-order valence-corrected chi connectivity index (χ4v) is 2.32. The van der Waals surface area contributed by atoms with E-state index in [4.69, 9.17) is 16.3 Å². The van der Waals surface area contributed by atoms with Crippen LogP contribution in [0, 0.1) is 0 Å². The van der Waals surface area contributed by atoms with Crippen molar-refractivity contribution >= 4 is 11.6 Å². The van der Waals surface area contributed by atoms with Crippen molar-refractivity contribution in [2.75, 3.05) is 33.3 Å². The first-order valence-electron chi connectivity index (χ1n) is 6.44. The van der Waals surface area contributed by atoms with Gasteiger partial charge in [-0.3, -0.25) is 4.90 Å². The van der Waals surface area contributed by atoms with Gasteiger partial charge in [0.05, 0.1) is 5.02 Å². The van der Waals surface area contributed by atoms with E-state index < -0.39 is 0 Å². The molecule has 1 N–H and O–H groups in total. The average molecular weight is 270 g/mol. The van der Waals surface area contributed by atoms with Crippen molar-refractivity contribution in [3.63, 3.8) is 0 Å². The van der Waals surface area contributed by atoms with Crippen molar-refractivity contribution in [1.82, 2.24) is 15.2 Å². The summed E-state index contributed by atoms with van der Waals surface area (Å²) in [5.74, 6) is 0.656. The molecule has 1 saturated heterocycles. The third kappa shape index (κ3) is 3.83. The Bertz CT molecular complexity index is 380. The Morgan fingerprint density at radius 2 is 2.22 bits per heavy atom. The van der Waals surface area contributed by atoms with Gasteiger partial charge in [0.2, 0.25) is 5.88 Å². The van der Waals surface area contributed by atoms with E-state index in [1.54, 1.807) is 6.20 Å². The lowest BCUT2D eigenvalue weighted by Gasteiger charge is -2.15. The van der Waals surface area contributed by atoms with Crippen molar-refractivity contribution in [3.8, 4) is 5.88 Å². The van der Waals surface area contributed by atoms with Crippen LogP contribution in [0.25, 0.3) is 0 Å². The molecule has 4 nitrogen and oxygen atoms in total. The van der Waals surface area contributed by atoms with Gasteiger partial charge in [0, 0.05) is 25.4 Å². The van der Waals surface area contributed by atoms with E-state index in [0.717, 1.165) is 18.7 Å². The number of rotatable bonds is 6. The highest BCUT2D eigenvalue weighted by molar-refractivity contribution is 6.31. The Morgan fingerprint density at radius 1 is 1.44 bits per heavy atom. The van der Waals surface area contributed by atoms with E-state index in [1.165, 1.54) is 25.9 Å². The van der Waals surface area contributed by atoms with Crippen molar-refractivity contribution in [2.45, 2.75) is 19.4 Å². The van der Waals surface area contributed by atoms with Gasteiger partial charge in [0.15, 0.2) is 0 Å². The van der Waals surface area contributed by atoms with Crippen molar-refractivity contribution in [1.29, 1.82) is 0 Å². The number of ether oxygens (including phenoxy) is 1. The number of halogens is 1. The molecule has 1 aromatic rings. The van der Waals surface area contributed by atoms with Crippen LogP contribution in [-0.4, -0.2) is 43.2 Å². The molecule has 0 spiro atoms. The van der Waals surface area contributed by atoms with Crippen LogP contribution in [0.2, 0.25) is 5.02 Å². The molecule has 1 aliphatic rings. The largest absolute Gasteiger partial charge is 0.476 e. The maximum Gasteiger partial charge on any atom is 0.213 e. The van der Waals surface area contributed by atoms with Gasteiger partial charge in [-0.1, -0.05) is 11.6 Å². The van der Waals surface area contributed by atoms with Gasteiger partial charge in [-0.15, -0.1) is 0 Å². The first-order chi connectivity index (χ1) is 8.79. The van der Waals surface area contributed by atoms with E-state index in [2.05, 4.69) is 15.2 Å². The number of pyridine rings is 1. The third-order valence-electron chi connectivity index (χ3n) is 3.13. The van der Waals surface area contributed by atoms with Gasteiger partial charge in [-0.2, -0.15) is 0 Å². The Kier molecular flexibility index (Phi) is 5.23. The predicted molar refractivity (Wildman–Crippen MR) is 73.2 cm³/mol. The smallest absolute Gasteiger partial charge is 0.213 e. The highest BCUT2D eigenvalue weighted by Crippen LogP contribution is 2.19. The van der Waals surface area contributed by atoms with Crippen molar-refractivity contribution in [3.05, 3.63) is 22.8 Å². The fraction of sp³-hybridized carbons (Fsp3) is 0.615. The first-order valence-corrected chi connectivity index (χ1v) is 6.81. The monoisotopic (exact) mass is 269 g/mol. The normalized spacial score (nSPS) is 16.1. The fourth-order valence-electron chi connectivity index (χ4n) is 2.15. The molecule has 0 aliphatic carbocycles. The maximum atomic E-state index is 6.05. The summed E-state index contributed by atoms with van der Waals surface area (Å²) in [6.07, 6.45) is 4.27. The molecule has 0 unspecified atom stereocenters. The van der Waals surface area contributed by atoms with Crippen LogP contribution < -0.4 is 10.1 Å². The Morgan fingerprint density at radius 3 is 2.94 bits per heavy atom. The van der Waals surface area contributed by atoms with Gasteiger partial charge in [0.25, 0.3) is 0 Å². The second-order valence-electron chi connectivity index (χ2n) is 4.54. The van der Waals surface area contributed by atoms with Crippen LogP contribution >= 0.6 is 11.6 Å². The zero-order valence-corrected chi connectivity index (χ0v) is 11.5. The molecule has 0 amide bonds. The highest BCUT2D eigenvalue weighted by atomic mass is 35.5. The standard InChI is InChI=1S/C13H20ClN3O/c1-15-9-11-8-13(16-10-12(11)14)18-7-6-17-4-2-3-5-17/h8,10,15H,2-7,9H2,1H3. The second-order valence-corrected chi connectivity index (χ2v) is 4.95. The van der Waals surface area contributed by atoms with Crippen molar-refractivity contribution in [2.24, 2.45) is 0 Å². The molecule has 0 atom stereocenters. The molecule has 1 aliphatic heterocycles. The number of hydrogen-bond acceptors (Lipinski definition) is 4. The molecule has 2 heterocycles. The van der Waals surface area contributed by atoms with Crippen molar-refractivity contribution < 1.29 is 4.74 Å². The molecule has 0 saturated carbocycles. The molecule has 2 rings (SSSR count). The molecule has 100 valence electrons. The molecule has 1 aromatic heterocycles. The van der Waals surface area contributed by atoms with Gasteiger partial charge >= 0.3 is 0 Å². The molecule has 5 heteroatoms. The van der Waals surface area contributed by atoms with E-state index in [1.807, 2.05) is 13.1 Å². The van der Waals surface area contributed by atoms with E-state index in [9.17, 15) is 0 Å². The van der Waals surface area contributed by atoms with Gasteiger partial charge in [-0.25, -0.2) is 4.98 Å². The Labute approximate surface area is 113 Å².